The van der Waals surface area contributed by atoms with Gasteiger partial charge in [-0.15, -0.1) is 11.3 Å². The normalized spacial score (nSPS) is 10.9. The largest absolute Gasteiger partial charge is 0.332 e. The third-order valence-electron chi connectivity index (χ3n) is 4.93. The number of carbonyl (C=O) groups excluding carboxylic acids is 1. The zero-order valence-electron chi connectivity index (χ0n) is 16.2. The quantitative estimate of drug-likeness (QED) is 0.504. The van der Waals surface area contributed by atoms with Crippen molar-refractivity contribution in [1.82, 2.24) is 9.88 Å². The molecule has 0 saturated carbocycles. The van der Waals surface area contributed by atoms with Crippen molar-refractivity contribution in [3.05, 3.63) is 104 Å². The number of rotatable bonds is 6. The van der Waals surface area contributed by atoms with Gasteiger partial charge in [-0.2, -0.15) is 0 Å². The van der Waals surface area contributed by atoms with Crippen LogP contribution in [-0.4, -0.2) is 22.3 Å². The number of aryl methyl sites for hydroxylation is 1. The van der Waals surface area contributed by atoms with Gasteiger partial charge in [-0.3, -0.25) is 9.59 Å². The van der Waals surface area contributed by atoms with Gasteiger partial charge in [-0.1, -0.05) is 48.5 Å². The van der Waals surface area contributed by atoms with Crippen molar-refractivity contribution in [3.63, 3.8) is 0 Å². The summed E-state index contributed by atoms with van der Waals surface area (Å²) in [6.45, 7) is 3.17. The van der Waals surface area contributed by atoms with Gasteiger partial charge in [0.05, 0.1) is 6.54 Å². The second-order valence-corrected chi connectivity index (χ2v) is 8.45. The number of hydrogen-bond acceptors (Lipinski definition) is 3. The van der Waals surface area contributed by atoms with E-state index in [2.05, 4.69) is 36.2 Å². The maximum Gasteiger partial charge on any atom is 0.270 e. The molecule has 0 atom stereocenters. The molecular formula is C24H22N2O2S. The highest BCUT2D eigenvalue weighted by atomic mass is 32.1. The number of nitrogens with one attached hydrogen (secondary N) is 1. The van der Waals surface area contributed by atoms with Crippen molar-refractivity contribution in [1.29, 1.82) is 0 Å². The first-order valence-electron chi connectivity index (χ1n) is 9.61. The van der Waals surface area contributed by atoms with Crippen LogP contribution >= 0.6 is 11.3 Å². The molecule has 0 bridgehead atoms. The molecule has 2 heterocycles. The number of thiophene rings is 1. The molecule has 0 radical (unpaired) electrons. The molecule has 5 heteroatoms. The molecule has 0 aliphatic heterocycles. The van der Waals surface area contributed by atoms with Gasteiger partial charge in [-0.05, 0) is 48.6 Å². The van der Waals surface area contributed by atoms with Crippen LogP contribution in [0.25, 0.3) is 10.8 Å². The topological polar surface area (TPSA) is 53.2 Å². The summed E-state index contributed by atoms with van der Waals surface area (Å²) in [7, 11) is 0. The Morgan fingerprint density at radius 1 is 1.00 bits per heavy atom. The summed E-state index contributed by atoms with van der Waals surface area (Å²) in [5, 5.41) is 1.36. The third kappa shape index (κ3) is 4.46. The van der Waals surface area contributed by atoms with E-state index in [1.54, 1.807) is 23.5 Å². The molecule has 146 valence electrons. The van der Waals surface area contributed by atoms with Gasteiger partial charge in [0.15, 0.2) is 0 Å². The Bertz CT molecular complexity index is 1190. The molecule has 4 aromatic rings. The minimum Gasteiger partial charge on any atom is -0.332 e. The van der Waals surface area contributed by atoms with Crippen molar-refractivity contribution in [2.24, 2.45) is 0 Å². The van der Waals surface area contributed by atoms with Crippen molar-refractivity contribution in [2.45, 2.75) is 19.9 Å². The first-order valence-corrected chi connectivity index (χ1v) is 10.4. The predicted molar refractivity (Wildman–Crippen MR) is 119 cm³/mol. The van der Waals surface area contributed by atoms with E-state index in [0.29, 0.717) is 24.2 Å². The molecule has 0 aliphatic carbocycles. The molecule has 4 rings (SSSR count). The fraction of sp³-hybridized carbons (Fsp3) is 0.167. The molecule has 2 aromatic carbocycles. The number of benzene rings is 2. The number of carbonyl (C=O) groups is 1. The van der Waals surface area contributed by atoms with Crippen LogP contribution in [0.5, 0.6) is 0 Å². The summed E-state index contributed by atoms with van der Waals surface area (Å²) >= 11 is 1.69. The maximum atomic E-state index is 13.3. The van der Waals surface area contributed by atoms with Crippen LogP contribution in [-0.2, 0) is 13.0 Å². The van der Waals surface area contributed by atoms with Gasteiger partial charge in [0.25, 0.3) is 11.5 Å². The number of aromatic nitrogens is 1. The molecule has 4 nitrogen and oxygen atoms in total. The van der Waals surface area contributed by atoms with Gasteiger partial charge in [-0.25, -0.2) is 0 Å². The van der Waals surface area contributed by atoms with E-state index in [1.165, 1.54) is 10.4 Å². The number of pyridine rings is 1. The van der Waals surface area contributed by atoms with E-state index >= 15 is 0 Å². The Balaban J connectivity index is 1.63. The lowest BCUT2D eigenvalue weighted by Crippen LogP contribution is -2.33. The van der Waals surface area contributed by atoms with Crippen molar-refractivity contribution >= 4 is 28.0 Å². The van der Waals surface area contributed by atoms with Crippen LogP contribution in [0.1, 0.15) is 25.8 Å². The molecule has 0 unspecified atom stereocenters. The molecule has 2 aromatic heterocycles. The summed E-state index contributed by atoms with van der Waals surface area (Å²) in [5.41, 5.74) is 1.27. The molecule has 1 amide bonds. The second-order valence-electron chi connectivity index (χ2n) is 7.07. The minimum absolute atomic E-state index is 0.158. The zero-order valence-corrected chi connectivity index (χ0v) is 17.0. The van der Waals surface area contributed by atoms with Crippen molar-refractivity contribution < 1.29 is 4.79 Å². The molecule has 29 heavy (non-hydrogen) atoms. The van der Waals surface area contributed by atoms with E-state index in [9.17, 15) is 9.59 Å². The Hall–Kier alpha value is -3.18. The standard InChI is InChI=1S/C24H22N2O2S/c1-17-11-12-20(29-17)16-26(14-13-18-7-3-2-4-8-18)24(28)22-15-19-9-5-6-10-21(19)23(27)25-22/h2-12,15H,13-14,16H2,1H3,(H,25,27). The highest BCUT2D eigenvalue weighted by Gasteiger charge is 2.19. The predicted octanol–water partition coefficient (Wildman–Crippen LogP) is 4.78. The Morgan fingerprint density at radius 3 is 2.52 bits per heavy atom. The number of fused-ring (bicyclic) bond motifs is 1. The Labute approximate surface area is 173 Å². The summed E-state index contributed by atoms with van der Waals surface area (Å²) in [5.74, 6) is -0.158. The lowest BCUT2D eigenvalue weighted by atomic mass is 10.1. The summed E-state index contributed by atoms with van der Waals surface area (Å²) in [4.78, 5) is 32.7. The van der Waals surface area contributed by atoms with Crippen LogP contribution in [0.4, 0.5) is 0 Å². The number of H-pyrrole nitrogens is 1. The first-order chi connectivity index (χ1) is 14.1. The second kappa shape index (κ2) is 8.45. The van der Waals surface area contributed by atoms with Gasteiger partial charge < -0.3 is 9.88 Å². The lowest BCUT2D eigenvalue weighted by Gasteiger charge is -2.22. The van der Waals surface area contributed by atoms with E-state index in [1.807, 2.05) is 41.3 Å². The monoisotopic (exact) mass is 402 g/mol. The number of nitrogens with zero attached hydrogens (tertiary/aromatic N) is 1. The minimum atomic E-state index is -0.235. The fourth-order valence-corrected chi connectivity index (χ4v) is 4.32. The summed E-state index contributed by atoms with van der Waals surface area (Å²) < 4.78 is 0. The van der Waals surface area contributed by atoms with Crippen LogP contribution in [0.3, 0.4) is 0 Å². The van der Waals surface area contributed by atoms with Gasteiger partial charge in [0, 0.05) is 21.7 Å². The SMILES string of the molecule is Cc1ccc(CN(CCc2ccccc2)C(=O)c2cc3ccccc3c(=O)[nH]2)s1. The first kappa shape index (κ1) is 19.2. The number of aromatic amines is 1. The van der Waals surface area contributed by atoms with Gasteiger partial charge in [0.1, 0.15) is 5.69 Å². The fourth-order valence-electron chi connectivity index (χ4n) is 3.42. The van der Waals surface area contributed by atoms with Gasteiger partial charge in [0.2, 0.25) is 0 Å². The average molecular weight is 403 g/mol. The van der Waals surface area contributed by atoms with Crippen LogP contribution < -0.4 is 5.56 Å². The number of hydrogen-bond donors (Lipinski definition) is 1. The molecule has 0 spiro atoms. The van der Waals surface area contributed by atoms with E-state index in [4.69, 9.17) is 0 Å². The highest BCUT2D eigenvalue weighted by Crippen LogP contribution is 2.19. The lowest BCUT2D eigenvalue weighted by molar-refractivity contribution is 0.0740. The highest BCUT2D eigenvalue weighted by molar-refractivity contribution is 7.11. The van der Waals surface area contributed by atoms with E-state index in [0.717, 1.165) is 16.7 Å². The average Bonchev–Trinajstić information content (AvgIpc) is 3.16. The molecule has 0 fully saturated rings. The Kier molecular flexibility index (Phi) is 5.58. The van der Waals surface area contributed by atoms with Crippen LogP contribution in [0.2, 0.25) is 0 Å². The van der Waals surface area contributed by atoms with Crippen LogP contribution in [0.15, 0.2) is 77.6 Å². The van der Waals surface area contributed by atoms with Crippen molar-refractivity contribution in [2.75, 3.05) is 6.54 Å². The third-order valence-corrected chi connectivity index (χ3v) is 5.91. The van der Waals surface area contributed by atoms with E-state index in [-0.39, 0.29) is 11.5 Å². The molecular weight excluding hydrogens is 380 g/mol. The molecule has 1 N–H and O–H groups in total. The summed E-state index contributed by atoms with van der Waals surface area (Å²) in [6.07, 6.45) is 0.759. The Morgan fingerprint density at radius 2 is 1.76 bits per heavy atom. The van der Waals surface area contributed by atoms with Gasteiger partial charge >= 0.3 is 0 Å². The number of amides is 1. The molecule has 0 aliphatic rings. The summed E-state index contributed by atoms with van der Waals surface area (Å²) in [6, 6.07) is 23.4. The maximum absolute atomic E-state index is 13.3. The zero-order chi connectivity index (χ0) is 20.2. The van der Waals surface area contributed by atoms with Crippen molar-refractivity contribution in [3.8, 4) is 0 Å². The van der Waals surface area contributed by atoms with Crippen LogP contribution in [0, 0.1) is 6.92 Å². The molecule has 0 saturated heterocycles. The van der Waals surface area contributed by atoms with E-state index < -0.39 is 0 Å². The smallest absolute Gasteiger partial charge is 0.270 e.